The highest BCUT2D eigenvalue weighted by atomic mass is 19.1. The molecule has 1 N–H and O–H groups in total. The van der Waals surface area contributed by atoms with Gasteiger partial charge in [-0.2, -0.15) is 0 Å². The minimum Gasteiger partial charge on any atom is -0.483 e. The van der Waals surface area contributed by atoms with E-state index in [0.717, 1.165) is 23.6 Å². The second kappa shape index (κ2) is 11.3. The van der Waals surface area contributed by atoms with Crippen LogP contribution in [0, 0.1) is 5.82 Å². The molecular formula is C26H29FN2O3. The molecule has 3 aromatic carbocycles. The van der Waals surface area contributed by atoms with Crippen LogP contribution < -0.4 is 10.1 Å². The largest absolute Gasteiger partial charge is 0.483 e. The maximum Gasteiger partial charge on any atom is 0.261 e. The summed E-state index contributed by atoms with van der Waals surface area (Å²) in [7, 11) is 0. The van der Waals surface area contributed by atoms with Crippen LogP contribution in [0.25, 0.3) is 10.8 Å². The second-order valence-corrected chi connectivity index (χ2v) is 7.70. The number of amides is 2. The molecule has 0 aliphatic rings. The lowest BCUT2D eigenvalue weighted by Crippen LogP contribution is -2.49. The molecule has 2 amide bonds. The highest BCUT2D eigenvalue weighted by molar-refractivity contribution is 5.90. The third-order valence-corrected chi connectivity index (χ3v) is 5.40. The van der Waals surface area contributed by atoms with Crippen LogP contribution in [0.4, 0.5) is 4.39 Å². The maximum absolute atomic E-state index is 14.3. The van der Waals surface area contributed by atoms with Gasteiger partial charge in [-0.05, 0) is 30.9 Å². The Morgan fingerprint density at radius 2 is 1.75 bits per heavy atom. The molecule has 0 spiro atoms. The van der Waals surface area contributed by atoms with E-state index in [2.05, 4.69) is 5.32 Å². The number of carbonyl (C=O) groups is 2. The average molecular weight is 437 g/mol. The van der Waals surface area contributed by atoms with Crippen molar-refractivity contribution >= 4 is 22.6 Å². The van der Waals surface area contributed by atoms with E-state index in [-0.39, 0.29) is 25.0 Å². The number of fused-ring (bicyclic) bond motifs is 1. The number of hydrogen-bond acceptors (Lipinski definition) is 3. The van der Waals surface area contributed by atoms with Crippen LogP contribution in [0.5, 0.6) is 5.75 Å². The molecule has 0 fully saturated rings. The van der Waals surface area contributed by atoms with Crippen LogP contribution in [0.1, 0.15) is 32.3 Å². The maximum atomic E-state index is 14.3. The smallest absolute Gasteiger partial charge is 0.261 e. The third kappa shape index (κ3) is 5.84. The van der Waals surface area contributed by atoms with Gasteiger partial charge in [-0.1, -0.05) is 67.9 Å². The van der Waals surface area contributed by atoms with Crippen molar-refractivity contribution in [3.8, 4) is 5.75 Å². The summed E-state index contributed by atoms with van der Waals surface area (Å²) in [6, 6.07) is 18.9. The first-order chi connectivity index (χ1) is 15.5. The molecule has 6 heteroatoms. The Labute approximate surface area is 188 Å². The molecule has 0 aromatic heterocycles. The first kappa shape index (κ1) is 23.3. The van der Waals surface area contributed by atoms with E-state index in [1.54, 1.807) is 31.2 Å². The lowest BCUT2D eigenvalue weighted by molar-refractivity contribution is -0.142. The summed E-state index contributed by atoms with van der Waals surface area (Å²) in [5.41, 5.74) is 0.346. The van der Waals surface area contributed by atoms with E-state index in [1.807, 2.05) is 43.3 Å². The first-order valence-electron chi connectivity index (χ1n) is 10.9. The van der Waals surface area contributed by atoms with E-state index >= 15 is 0 Å². The molecule has 1 unspecified atom stereocenters. The summed E-state index contributed by atoms with van der Waals surface area (Å²) in [5.74, 6) is -0.492. The Balaban J connectivity index is 1.77. The summed E-state index contributed by atoms with van der Waals surface area (Å²) in [4.78, 5) is 27.2. The fraction of sp³-hybridized carbons (Fsp3) is 0.308. The lowest BCUT2D eigenvalue weighted by atomic mass is 10.1. The van der Waals surface area contributed by atoms with Crippen molar-refractivity contribution in [1.29, 1.82) is 0 Å². The van der Waals surface area contributed by atoms with Gasteiger partial charge in [-0.15, -0.1) is 0 Å². The second-order valence-electron chi connectivity index (χ2n) is 7.70. The highest BCUT2D eigenvalue weighted by Gasteiger charge is 2.27. The fourth-order valence-corrected chi connectivity index (χ4v) is 3.47. The Hall–Kier alpha value is -3.41. The molecule has 0 aliphatic carbocycles. The van der Waals surface area contributed by atoms with E-state index in [4.69, 9.17) is 4.74 Å². The number of ether oxygens (including phenoxy) is 1. The zero-order valence-electron chi connectivity index (χ0n) is 18.5. The van der Waals surface area contributed by atoms with E-state index in [1.165, 1.54) is 11.0 Å². The van der Waals surface area contributed by atoms with Crippen LogP contribution in [0.2, 0.25) is 0 Å². The third-order valence-electron chi connectivity index (χ3n) is 5.40. The predicted octanol–water partition coefficient (Wildman–Crippen LogP) is 4.69. The van der Waals surface area contributed by atoms with Crippen LogP contribution in [0.15, 0.2) is 66.7 Å². The van der Waals surface area contributed by atoms with Gasteiger partial charge in [-0.25, -0.2) is 4.39 Å². The van der Waals surface area contributed by atoms with Gasteiger partial charge >= 0.3 is 0 Å². The molecule has 3 rings (SSSR count). The van der Waals surface area contributed by atoms with Gasteiger partial charge in [0.05, 0.1) is 0 Å². The molecule has 0 saturated heterocycles. The Bertz CT molecular complexity index is 1060. The predicted molar refractivity (Wildman–Crippen MR) is 124 cm³/mol. The average Bonchev–Trinajstić information content (AvgIpc) is 2.81. The Morgan fingerprint density at radius 1 is 1.03 bits per heavy atom. The van der Waals surface area contributed by atoms with Crippen molar-refractivity contribution in [2.24, 2.45) is 0 Å². The summed E-state index contributed by atoms with van der Waals surface area (Å²) in [6.45, 7) is 3.95. The van der Waals surface area contributed by atoms with Crippen LogP contribution >= 0.6 is 0 Å². The quantitative estimate of drug-likeness (QED) is 0.469. The molecule has 0 bridgehead atoms. The molecule has 0 heterocycles. The molecule has 168 valence electrons. The zero-order chi connectivity index (χ0) is 22.9. The number of nitrogens with zero attached hydrogens (tertiary/aromatic N) is 1. The van der Waals surface area contributed by atoms with Crippen molar-refractivity contribution in [2.75, 3.05) is 13.2 Å². The van der Waals surface area contributed by atoms with E-state index in [0.29, 0.717) is 17.9 Å². The monoisotopic (exact) mass is 436 g/mol. The fourth-order valence-electron chi connectivity index (χ4n) is 3.47. The summed E-state index contributed by atoms with van der Waals surface area (Å²) in [6.07, 6.45) is 1.80. The van der Waals surface area contributed by atoms with Gasteiger partial charge in [0.25, 0.3) is 5.91 Å². The summed E-state index contributed by atoms with van der Waals surface area (Å²) >= 11 is 0. The molecule has 32 heavy (non-hydrogen) atoms. The van der Waals surface area contributed by atoms with Gasteiger partial charge in [0.15, 0.2) is 6.61 Å². The molecule has 3 aromatic rings. The molecular weight excluding hydrogens is 407 g/mol. The number of hydrogen-bond donors (Lipinski definition) is 1. The van der Waals surface area contributed by atoms with Gasteiger partial charge in [0.1, 0.15) is 17.6 Å². The van der Waals surface area contributed by atoms with Crippen molar-refractivity contribution < 1.29 is 18.7 Å². The summed E-state index contributed by atoms with van der Waals surface area (Å²) < 4.78 is 20.1. The standard InChI is InChI=1S/C26H29FN2O3/c1-3-4-16-28-26(31)19(2)29(17-21-11-6-8-14-23(21)27)25(30)18-32-24-15-9-12-20-10-5-7-13-22(20)24/h5-15,19H,3-4,16-18H2,1-2H3,(H,28,31). The van der Waals surface area contributed by atoms with Crippen molar-refractivity contribution in [2.45, 2.75) is 39.3 Å². The normalized spacial score (nSPS) is 11.7. The van der Waals surface area contributed by atoms with Gasteiger partial charge < -0.3 is 15.0 Å². The van der Waals surface area contributed by atoms with E-state index in [9.17, 15) is 14.0 Å². The van der Waals surface area contributed by atoms with Gasteiger partial charge in [0, 0.05) is 24.0 Å². The minimum absolute atomic E-state index is 0.0211. The molecule has 1 atom stereocenters. The minimum atomic E-state index is -0.768. The number of carbonyl (C=O) groups excluding carboxylic acids is 2. The number of unbranched alkanes of at least 4 members (excludes halogenated alkanes) is 1. The van der Waals surface area contributed by atoms with Gasteiger partial charge in [-0.3, -0.25) is 9.59 Å². The van der Waals surface area contributed by atoms with Crippen molar-refractivity contribution in [3.05, 3.63) is 78.1 Å². The van der Waals surface area contributed by atoms with Crippen molar-refractivity contribution in [3.63, 3.8) is 0 Å². The highest BCUT2D eigenvalue weighted by Crippen LogP contribution is 2.25. The Kier molecular flexibility index (Phi) is 8.20. The van der Waals surface area contributed by atoms with Crippen LogP contribution in [-0.2, 0) is 16.1 Å². The lowest BCUT2D eigenvalue weighted by Gasteiger charge is -2.29. The number of halogens is 1. The first-order valence-corrected chi connectivity index (χ1v) is 10.9. The van der Waals surface area contributed by atoms with E-state index < -0.39 is 11.9 Å². The topological polar surface area (TPSA) is 58.6 Å². The molecule has 0 saturated carbocycles. The number of benzene rings is 3. The number of rotatable bonds is 10. The Morgan fingerprint density at radius 3 is 2.53 bits per heavy atom. The van der Waals surface area contributed by atoms with Crippen molar-refractivity contribution in [1.82, 2.24) is 10.2 Å². The van der Waals surface area contributed by atoms with Crippen LogP contribution in [0.3, 0.4) is 0 Å². The number of nitrogens with one attached hydrogen (secondary N) is 1. The summed E-state index contributed by atoms with van der Waals surface area (Å²) in [5, 5.41) is 4.75. The molecule has 0 aliphatic heterocycles. The SMILES string of the molecule is CCCCNC(=O)C(C)N(Cc1ccccc1F)C(=O)COc1cccc2ccccc12. The molecule has 0 radical (unpaired) electrons. The van der Waals surface area contributed by atoms with Crippen LogP contribution in [-0.4, -0.2) is 35.9 Å². The molecule has 5 nitrogen and oxygen atoms in total. The van der Waals surface area contributed by atoms with Gasteiger partial charge in [0.2, 0.25) is 5.91 Å². The zero-order valence-corrected chi connectivity index (χ0v) is 18.5.